The fourth-order valence-electron chi connectivity index (χ4n) is 1.90. The molecular weight excluding hydrogens is 329 g/mol. The lowest BCUT2D eigenvalue weighted by atomic mass is 10.2. The number of amides is 2. The quantitative estimate of drug-likeness (QED) is 0.748. The highest BCUT2D eigenvalue weighted by Crippen LogP contribution is 2.34. The molecule has 0 aliphatic carbocycles. The fraction of sp³-hybridized carbons (Fsp3) is 0.818. The normalized spacial score (nSPS) is 22.7. The highest BCUT2D eigenvalue weighted by atomic mass is 32.2. The summed E-state index contributed by atoms with van der Waals surface area (Å²) in [5.74, 6) is -1.08. The summed E-state index contributed by atoms with van der Waals surface area (Å²) in [6.45, 7) is 3.56. The molecule has 0 aromatic rings. The van der Waals surface area contributed by atoms with Crippen molar-refractivity contribution in [1.29, 1.82) is 0 Å². The predicted molar refractivity (Wildman–Crippen MR) is 76.3 cm³/mol. The van der Waals surface area contributed by atoms with Gasteiger partial charge in [-0.3, -0.25) is 4.90 Å². The first-order valence-electron chi connectivity index (χ1n) is 6.24. The van der Waals surface area contributed by atoms with Gasteiger partial charge < -0.3 is 10.4 Å². The van der Waals surface area contributed by atoms with Crippen molar-refractivity contribution < 1.29 is 27.9 Å². The van der Waals surface area contributed by atoms with Crippen molar-refractivity contribution in [2.45, 2.75) is 30.8 Å². The molecule has 0 saturated carbocycles. The Morgan fingerprint density at radius 2 is 2.10 bits per heavy atom. The molecule has 2 amide bonds. The van der Waals surface area contributed by atoms with E-state index in [1.54, 1.807) is 0 Å². The molecule has 0 radical (unpaired) electrons. The van der Waals surface area contributed by atoms with Gasteiger partial charge in [0.05, 0.1) is 5.37 Å². The van der Waals surface area contributed by atoms with Crippen LogP contribution in [0.5, 0.6) is 0 Å². The van der Waals surface area contributed by atoms with Gasteiger partial charge in [-0.15, -0.1) is 11.8 Å². The van der Waals surface area contributed by atoms with Gasteiger partial charge in [-0.25, -0.2) is 9.59 Å². The van der Waals surface area contributed by atoms with Crippen molar-refractivity contribution >= 4 is 35.5 Å². The second-order valence-electron chi connectivity index (χ2n) is 4.76. The standard InChI is InChI=1S/C11H17F3N2O3S2/c1-6(2)8-16(7(5-20-8)9(17)18)10(19)15-3-4-21-11(12,13)14/h6-8H,3-5H2,1-2H3,(H,15,19)(H,17,18). The third kappa shape index (κ3) is 5.50. The first-order chi connectivity index (χ1) is 9.63. The van der Waals surface area contributed by atoms with Crippen LogP contribution in [0, 0.1) is 5.92 Å². The van der Waals surface area contributed by atoms with Gasteiger partial charge in [-0.05, 0) is 17.7 Å². The number of halogens is 3. The molecule has 1 saturated heterocycles. The Bertz CT molecular complexity index is 393. The van der Waals surface area contributed by atoms with Crippen LogP contribution in [0.2, 0.25) is 0 Å². The molecule has 122 valence electrons. The Morgan fingerprint density at radius 3 is 2.57 bits per heavy atom. The monoisotopic (exact) mass is 346 g/mol. The van der Waals surface area contributed by atoms with E-state index in [2.05, 4.69) is 5.32 Å². The van der Waals surface area contributed by atoms with E-state index in [1.165, 1.54) is 16.7 Å². The smallest absolute Gasteiger partial charge is 0.441 e. The summed E-state index contributed by atoms with van der Waals surface area (Å²) in [7, 11) is 0. The zero-order valence-electron chi connectivity index (χ0n) is 11.5. The molecule has 1 aliphatic heterocycles. The van der Waals surface area contributed by atoms with Crippen LogP contribution < -0.4 is 5.32 Å². The van der Waals surface area contributed by atoms with Crippen LogP contribution in [0.3, 0.4) is 0 Å². The van der Waals surface area contributed by atoms with Crippen LogP contribution in [0.15, 0.2) is 0 Å². The number of alkyl halides is 3. The molecular formula is C11H17F3N2O3S2. The number of nitrogens with one attached hydrogen (secondary N) is 1. The SMILES string of the molecule is CC(C)C1SCC(C(=O)O)N1C(=O)NCCSC(F)(F)F. The summed E-state index contributed by atoms with van der Waals surface area (Å²) >= 11 is 1.14. The number of hydrogen-bond acceptors (Lipinski definition) is 4. The summed E-state index contributed by atoms with van der Waals surface area (Å²) < 4.78 is 35.9. The van der Waals surface area contributed by atoms with E-state index < -0.39 is 23.6 Å². The number of carboxylic acid groups (broad SMARTS) is 1. The molecule has 1 aliphatic rings. The van der Waals surface area contributed by atoms with E-state index in [0.717, 1.165) is 0 Å². The fourth-order valence-corrected chi connectivity index (χ4v) is 3.81. The Labute approximate surface area is 129 Å². The first-order valence-corrected chi connectivity index (χ1v) is 8.28. The Morgan fingerprint density at radius 1 is 1.48 bits per heavy atom. The van der Waals surface area contributed by atoms with Crippen LogP contribution in [0.4, 0.5) is 18.0 Å². The van der Waals surface area contributed by atoms with Crippen LogP contribution >= 0.6 is 23.5 Å². The van der Waals surface area contributed by atoms with Crippen LogP contribution in [0.1, 0.15) is 13.8 Å². The third-order valence-electron chi connectivity index (χ3n) is 2.77. The van der Waals surface area contributed by atoms with Gasteiger partial charge in [0.15, 0.2) is 0 Å². The summed E-state index contributed by atoms with van der Waals surface area (Å²) in [4.78, 5) is 24.4. The van der Waals surface area contributed by atoms with Crippen LogP contribution in [-0.4, -0.2) is 57.0 Å². The predicted octanol–water partition coefficient (Wildman–Crippen LogP) is 2.43. The Hall–Kier alpha value is -0.770. The van der Waals surface area contributed by atoms with Gasteiger partial charge in [0.2, 0.25) is 0 Å². The van der Waals surface area contributed by atoms with E-state index in [4.69, 9.17) is 5.11 Å². The van der Waals surface area contributed by atoms with Crippen molar-refractivity contribution in [3.8, 4) is 0 Å². The minimum absolute atomic E-state index is 0.0506. The topological polar surface area (TPSA) is 69.6 Å². The lowest BCUT2D eigenvalue weighted by molar-refractivity contribution is -0.141. The molecule has 1 fully saturated rings. The molecule has 2 unspecified atom stereocenters. The highest BCUT2D eigenvalue weighted by molar-refractivity contribution is 8.00. The van der Waals surface area contributed by atoms with Crippen molar-refractivity contribution in [2.24, 2.45) is 5.92 Å². The zero-order chi connectivity index (χ0) is 16.2. The summed E-state index contributed by atoms with van der Waals surface area (Å²) in [6, 6.07) is -1.58. The zero-order valence-corrected chi connectivity index (χ0v) is 13.1. The summed E-state index contributed by atoms with van der Waals surface area (Å²) in [5.41, 5.74) is -4.34. The molecule has 2 atom stereocenters. The van der Waals surface area contributed by atoms with Crippen molar-refractivity contribution in [3.05, 3.63) is 0 Å². The Balaban J connectivity index is 2.57. The van der Waals surface area contributed by atoms with E-state index in [0.29, 0.717) is 0 Å². The number of carbonyl (C=O) groups is 2. The molecule has 2 N–H and O–H groups in total. The molecule has 5 nitrogen and oxygen atoms in total. The molecule has 0 bridgehead atoms. The molecule has 0 spiro atoms. The number of nitrogens with zero attached hydrogens (tertiary/aromatic N) is 1. The molecule has 1 heterocycles. The van der Waals surface area contributed by atoms with Gasteiger partial charge in [-0.1, -0.05) is 13.8 Å². The van der Waals surface area contributed by atoms with Gasteiger partial charge in [0.1, 0.15) is 6.04 Å². The number of thioether (sulfide) groups is 2. The lowest BCUT2D eigenvalue weighted by Crippen LogP contribution is -2.51. The van der Waals surface area contributed by atoms with Crippen molar-refractivity contribution in [2.75, 3.05) is 18.1 Å². The van der Waals surface area contributed by atoms with Crippen molar-refractivity contribution in [3.63, 3.8) is 0 Å². The number of carboxylic acids is 1. The number of aliphatic carboxylic acids is 1. The molecule has 0 aromatic heterocycles. The summed E-state index contributed by atoms with van der Waals surface area (Å²) in [6.07, 6.45) is 0. The highest BCUT2D eigenvalue weighted by Gasteiger charge is 2.42. The Kier molecular flexibility index (Phi) is 6.51. The maximum atomic E-state index is 12.0. The van der Waals surface area contributed by atoms with E-state index >= 15 is 0 Å². The van der Waals surface area contributed by atoms with Gasteiger partial charge in [0.25, 0.3) is 0 Å². The molecule has 1 rings (SSSR count). The lowest BCUT2D eigenvalue weighted by Gasteiger charge is -2.29. The maximum Gasteiger partial charge on any atom is 0.441 e. The average molecular weight is 346 g/mol. The number of urea groups is 1. The molecule has 10 heteroatoms. The second-order valence-corrected chi connectivity index (χ2v) is 7.06. The molecule has 21 heavy (non-hydrogen) atoms. The largest absolute Gasteiger partial charge is 0.480 e. The van der Waals surface area contributed by atoms with Crippen molar-refractivity contribution in [1.82, 2.24) is 10.2 Å². The van der Waals surface area contributed by atoms with Gasteiger partial charge in [0, 0.05) is 18.1 Å². The number of hydrogen-bond donors (Lipinski definition) is 2. The minimum Gasteiger partial charge on any atom is -0.480 e. The number of rotatable bonds is 5. The van der Waals surface area contributed by atoms with Gasteiger partial charge in [-0.2, -0.15) is 13.2 Å². The second kappa shape index (κ2) is 7.48. The van der Waals surface area contributed by atoms with Crippen LogP contribution in [-0.2, 0) is 4.79 Å². The first kappa shape index (κ1) is 18.3. The van der Waals surface area contributed by atoms with E-state index in [-0.39, 0.29) is 41.1 Å². The summed E-state index contributed by atoms with van der Waals surface area (Å²) in [5, 5.41) is 11.2. The minimum atomic E-state index is -4.34. The van der Waals surface area contributed by atoms with Crippen LogP contribution in [0.25, 0.3) is 0 Å². The maximum absolute atomic E-state index is 12.0. The number of carbonyl (C=O) groups excluding carboxylic acids is 1. The van der Waals surface area contributed by atoms with E-state index in [1.807, 2.05) is 13.8 Å². The molecule has 0 aromatic carbocycles. The van der Waals surface area contributed by atoms with Gasteiger partial charge >= 0.3 is 17.5 Å². The van der Waals surface area contributed by atoms with E-state index in [9.17, 15) is 22.8 Å². The third-order valence-corrected chi connectivity index (χ3v) is 5.13. The average Bonchev–Trinajstić information content (AvgIpc) is 2.78.